The molecule has 0 unspecified atom stereocenters. The SMILES string of the molecule is CCCO[C@@H]1O[C@@H](COC(C)=O)[C@H](OC(C)=O)[C@@H](OC(C)=O)[C@H]1NC(=O)OCC. The summed E-state index contributed by atoms with van der Waals surface area (Å²) in [4.78, 5) is 46.6. The van der Waals surface area contributed by atoms with Crippen molar-refractivity contribution in [3.8, 4) is 0 Å². The average molecular weight is 419 g/mol. The normalized spacial score (nSPS) is 26.2. The summed E-state index contributed by atoms with van der Waals surface area (Å²) in [5.41, 5.74) is 0. The Hall–Kier alpha value is -2.40. The number of alkyl carbamates (subject to hydrolysis) is 1. The number of hydrogen-bond donors (Lipinski definition) is 1. The zero-order valence-electron chi connectivity index (χ0n) is 17.3. The van der Waals surface area contributed by atoms with Gasteiger partial charge in [0.2, 0.25) is 0 Å². The van der Waals surface area contributed by atoms with Crippen LogP contribution in [0.1, 0.15) is 41.0 Å². The lowest BCUT2D eigenvalue weighted by Crippen LogP contribution is -2.66. The number of hydrogen-bond acceptors (Lipinski definition) is 10. The highest BCUT2D eigenvalue weighted by atomic mass is 16.7. The summed E-state index contributed by atoms with van der Waals surface area (Å²) >= 11 is 0. The fraction of sp³-hybridized carbons (Fsp3) is 0.778. The van der Waals surface area contributed by atoms with Crippen LogP contribution in [-0.4, -0.2) is 74.5 Å². The predicted octanol–water partition coefficient (Wildman–Crippen LogP) is 0.679. The van der Waals surface area contributed by atoms with Crippen LogP contribution >= 0.6 is 0 Å². The topological polar surface area (TPSA) is 136 Å². The third kappa shape index (κ3) is 8.24. The Labute approximate surface area is 169 Å². The second-order valence-corrected chi connectivity index (χ2v) is 6.25. The molecule has 11 nitrogen and oxygen atoms in total. The van der Waals surface area contributed by atoms with Crippen LogP contribution in [0.15, 0.2) is 0 Å². The molecule has 1 fully saturated rings. The maximum atomic E-state index is 12.0. The van der Waals surface area contributed by atoms with Crippen LogP contribution in [0, 0.1) is 0 Å². The van der Waals surface area contributed by atoms with Crippen LogP contribution in [0.3, 0.4) is 0 Å². The first-order valence-electron chi connectivity index (χ1n) is 9.37. The van der Waals surface area contributed by atoms with Crippen LogP contribution in [0.5, 0.6) is 0 Å². The minimum absolute atomic E-state index is 0.112. The van der Waals surface area contributed by atoms with Crippen molar-refractivity contribution in [2.24, 2.45) is 0 Å². The van der Waals surface area contributed by atoms with Gasteiger partial charge in [0.15, 0.2) is 18.5 Å². The maximum absolute atomic E-state index is 12.0. The number of ether oxygens (including phenoxy) is 6. The van der Waals surface area contributed by atoms with Crippen molar-refractivity contribution in [1.29, 1.82) is 0 Å². The van der Waals surface area contributed by atoms with Crippen LogP contribution in [0.25, 0.3) is 0 Å². The largest absolute Gasteiger partial charge is 0.463 e. The van der Waals surface area contributed by atoms with E-state index in [1.165, 1.54) is 20.8 Å². The minimum atomic E-state index is -1.17. The van der Waals surface area contributed by atoms with Gasteiger partial charge < -0.3 is 33.7 Å². The van der Waals surface area contributed by atoms with Gasteiger partial charge in [0.25, 0.3) is 0 Å². The number of rotatable bonds is 9. The maximum Gasteiger partial charge on any atom is 0.407 e. The molecule has 0 spiro atoms. The lowest BCUT2D eigenvalue weighted by atomic mass is 9.96. The number of carbonyl (C=O) groups excluding carboxylic acids is 4. The third-order valence-corrected chi connectivity index (χ3v) is 3.75. The molecule has 29 heavy (non-hydrogen) atoms. The van der Waals surface area contributed by atoms with Crippen LogP contribution in [0.4, 0.5) is 4.79 Å². The number of esters is 3. The fourth-order valence-electron chi connectivity index (χ4n) is 2.74. The van der Waals surface area contributed by atoms with Gasteiger partial charge in [-0.25, -0.2) is 4.79 Å². The van der Waals surface area contributed by atoms with E-state index in [1.54, 1.807) is 6.92 Å². The molecule has 0 aromatic heterocycles. The summed E-state index contributed by atoms with van der Waals surface area (Å²) < 4.78 is 32.0. The van der Waals surface area contributed by atoms with Crippen LogP contribution in [0.2, 0.25) is 0 Å². The summed E-state index contributed by atoms with van der Waals surface area (Å²) in [5, 5.41) is 2.54. The van der Waals surface area contributed by atoms with Gasteiger partial charge in [0, 0.05) is 27.4 Å². The first-order chi connectivity index (χ1) is 13.7. The number of amides is 1. The first kappa shape index (κ1) is 24.6. The van der Waals surface area contributed by atoms with E-state index in [9.17, 15) is 19.2 Å². The highest BCUT2D eigenvalue weighted by molar-refractivity contribution is 5.69. The highest BCUT2D eigenvalue weighted by Crippen LogP contribution is 2.28. The van der Waals surface area contributed by atoms with Gasteiger partial charge >= 0.3 is 24.0 Å². The molecule has 0 aliphatic carbocycles. The van der Waals surface area contributed by atoms with E-state index in [0.29, 0.717) is 6.42 Å². The molecule has 1 amide bonds. The van der Waals surface area contributed by atoms with Gasteiger partial charge in [-0.3, -0.25) is 14.4 Å². The van der Waals surface area contributed by atoms with Gasteiger partial charge in [-0.05, 0) is 13.3 Å². The summed E-state index contributed by atoms with van der Waals surface area (Å²) in [7, 11) is 0. The van der Waals surface area contributed by atoms with Gasteiger partial charge in [-0.15, -0.1) is 0 Å². The Bertz CT molecular complexity index is 581. The van der Waals surface area contributed by atoms with Gasteiger partial charge in [0.1, 0.15) is 18.8 Å². The fourth-order valence-corrected chi connectivity index (χ4v) is 2.74. The molecule has 1 N–H and O–H groups in total. The molecule has 1 heterocycles. The van der Waals surface area contributed by atoms with Crippen molar-refractivity contribution in [3.05, 3.63) is 0 Å². The van der Waals surface area contributed by atoms with Gasteiger partial charge in [-0.2, -0.15) is 0 Å². The third-order valence-electron chi connectivity index (χ3n) is 3.75. The second kappa shape index (κ2) is 12.2. The quantitative estimate of drug-likeness (QED) is 0.420. The van der Waals surface area contributed by atoms with E-state index in [-0.39, 0.29) is 19.8 Å². The summed E-state index contributed by atoms with van der Waals surface area (Å²) in [6.45, 7) is 7.16. The van der Waals surface area contributed by atoms with Crippen molar-refractivity contribution in [2.45, 2.75) is 71.7 Å². The number of carbonyl (C=O) groups is 4. The molecule has 1 aliphatic rings. The zero-order chi connectivity index (χ0) is 22.0. The predicted molar refractivity (Wildman–Crippen MR) is 96.6 cm³/mol. The Kier molecular flexibility index (Phi) is 10.4. The monoisotopic (exact) mass is 419 g/mol. The first-order valence-corrected chi connectivity index (χ1v) is 9.37. The highest BCUT2D eigenvalue weighted by Gasteiger charge is 2.51. The molecule has 11 heteroatoms. The van der Waals surface area contributed by atoms with Gasteiger partial charge in [-0.1, -0.05) is 6.92 Å². The second-order valence-electron chi connectivity index (χ2n) is 6.25. The molecule has 0 saturated carbocycles. The van der Waals surface area contributed by atoms with Crippen molar-refractivity contribution >= 4 is 24.0 Å². The van der Waals surface area contributed by atoms with Crippen LogP contribution in [-0.2, 0) is 42.8 Å². The Morgan fingerprint density at radius 2 is 1.52 bits per heavy atom. The van der Waals surface area contributed by atoms with E-state index >= 15 is 0 Å². The molecule has 1 rings (SSSR count). The molecule has 0 bridgehead atoms. The van der Waals surface area contributed by atoms with Crippen molar-refractivity contribution in [3.63, 3.8) is 0 Å². The Morgan fingerprint density at radius 1 is 0.897 bits per heavy atom. The molecule has 0 radical (unpaired) electrons. The lowest BCUT2D eigenvalue weighted by Gasteiger charge is -2.44. The standard InChI is InChI=1S/C18H29NO10/c1-6-8-25-17-14(19-18(23)24-7-2)16(28-12(5)22)15(27-11(4)21)13(29-17)9-26-10(3)20/h13-17H,6-9H2,1-5H3,(H,19,23)/t13-,14+,15-,16-,17+/m0/s1. The van der Waals surface area contributed by atoms with E-state index in [4.69, 9.17) is 28.4 Å². The smallest absolute Gasteiger partial charge is 0.407 e. The van der Waals surface area contributed by atoms with E-state index < -0.39 is 54.6 Å². The van der Waals surface area contributed by atoms with E-state index in [2.05, 4.69) is 5.32 Å². The van der Waals surface area contributed by atoms with E-state index in [1.807, 2.05) is 6.92 Å². The molecule has 0 aromatic rings. The molecular weight excluding hydrogens is 390 g/mol. The van der Waals surface area contributed by atoms with E-state index in [0.717, 1.165) is 0 Å². The molecule has 5 atom stereocenters. The molecule has 0 aromatic carbocycles. The zero-order valence-corrected chi connectivity index (χ0v) is 17.3. The molecule has 1 aliphatic heterocycles. The molecule has 1 saturated heterocycles. The van der Waals surface area contributed by atoms with Crippen molar-refractivity contribution in [2.75, 3.05) is 19.8 Å². The number of nitrogens with one attached hydrogen (secondary N) is 1. The summed E-state index contributed by atoms with van der Waals surface area (Å²) in [6, 6.07) is -1.04. The van der Waals surface area contributed by atoms with Crippen molar-refractivity contribution < 1.29 is 47.6 Å². The molecular formula is C18H29NO10. The summed E-state index contributed by atoms with van der Waals surface area (Å²) in [5.74, 6) is -1.92. The van der Waals surface area contributed by atoms with Crippen LogP contribution < -0.4 is 5.32 Å². The minimum Gasteiger partial charge on any atom is -0.463 e. The van der Waals surface area contributed by atoms with Gasteiger partial charge in [0.05, 0.1) is 6.61 Å². The Balaban J connectivity index is 3.25. The Morgan fingerprint density at radius 3 is 2.03 bits per heavy atom. The lowest BCUT2D eigenvalue weighted by molar-refractivity contribution is -0.277. The average Bonchev–Trinajstić information content (AvgIpc) is 2.61. The summed E-state index contributed by atoms with van der Waals surface area (Å²) in [6.07, 6.45) is -4.54. The molecule has 166 valence electrons. The van der Waals surface area contributed by atoms with Crippen molar-refractivity contribution in [1.82, 2.24) is 5.32 Å².